The molecule has 0 aliphatic carbocycles. The maximum absolute atomic E-state index is 11.8. The average Bonchev–Trinajstić information content (AvgIpc) is 3.11. The second-order valence-electron chi connectivity index (χ2n) is 4.74. The monoisotopic (exact) mass is 392 g/mol. The van der Waals surface area contributed by atoms with Crippen molar-refractivity contribution < 1.29 is 18.7 Å². The predicted octanol–water partition coefficient (Wildman–Crippen LogP) is 2.61. The Kier molecular flexibility index (Phi) is 6.62. The summed E-state index contributed by atoms with van der Waals surface area (Å²) in [4.78, 5) is 23.4. The van der Waals surface area contributed by atoms with Crippen LogP contribution in [0.2, 0.25) is 0 Å². The van der Waals surface area contributed by atoms with Crippen LogP contribution in [0.4, 0.5) is 0 Å². The van der Waals surface area contributed by atoms with Crippen molar-refractivity contribution in [1.29, 1.82) is 0 Å². The van der Waals surface area contributed by atoms with Crippen LogP contribution in [-0.2, 0) is 4.79 Å². The number of carbonyl (C=O) groups excluding carboxylic acids is 2. The van der Waals surface area contributed by atoms with Crippen molar-refractivity contribution in [2.24, 2.45) is 0 Å². The Morgan fingerprint density at radius 2 is 2.04 bits per heavy atom. The van der Waals surface area contributed by atoms with Crippen molar-refractivity contribution in [3.63, 3.8) is 0 Å². The van der Waals surface area contributed by atoms with Gasteiger partial charge in [-0.3, -0.25) is 9.59 Å². The largest absolute Gasteiger partial charge is 0.496 e. The van der Waals surface area contributed by atoms with E-state index in [2.05, 4.69) is 26.6 Å². The maximum atomic E-state index is 11.8. The highest BCUT2D eigenvalue weighted by molar-refractivity contribution is 9.10. The van der Waals surface area contributed by atoms with Crippen molar-refractivity contribution in [1.82, 2.24) is 10.6 Å². The minimum atomic E-state index is -0.316. The van der Waals surface area contributed by atoms with Crippen molar-refractivity contribution in [3.05, 3.63) is 58.5 Å². The van der Waals surface area contributed by atoms with Gasteiger partial charge in [-0.25, -0.2) is 0 Å². The van der Waals surface area contributed by atoms with Crippen LogP contribution in [0.3, 0.4) is 0 Å². The summed E-state index contributed by atoms with van der Waals surface area (Å²) in [5.74, 6) is 0.337. The molecule has 0 aliphatic rings. The van der Waals surface area contributed by atoms with Crippen molar-refractivity contribution in [2.75, 3.05) is 20.2 Å². The molecule has 7 heteroatoms. The van der Waals surface area contributed by atoms with E-state index in [0.717, 1.165) is 10.0 Å². The normalized spacial score (nSPS) is 10.6. The molecule has 6 nitrogen and oxygen atoms in total. The molecule has 2 amide bonds. The van der Waals surface area contributed by atoms with Crippen LogP contribution in [0.1, 0.15) is 16.1 Å². The fourth-order valence-corrected chi connectivity index (χ4v) is 2.30. The Balaban J connectivity index is 1.77. The Morgan fingerprint density at radius 1 is 1.25 bits per heavy atom. The van der Waals surface area contributed by atoms with Crippen LogP contribution < -0.4 is 15.4 Å². The highest BCUT2D eigenvalue weighted by Crippen LogP contribution is 2.23. The Hall–Kier alpha value is -2.54. The molecule has 0 atom stereocenters. The predicted molar refractivity (Wildman–Crippen MR) is 93.8 cm³/mol. The third-order valence-corrected chi connectivity index (χ3v) is 3.55. The summed E-state index contributed by atoms with van der Waals surface area (Å²) in [6.45, 7) is 0.616. The number of halogens is 1. The minimum absolute atomic E-state index is 0.239. The summed E-state index contributed by atoms with van der Waals surface area (Å²) < 4.78 is 11.1. The number of rotatable bonds is 7. The highest BCUT2D eigenvalue weighted by Gasteiger charge is 2.07. The summed E-state index contributed by atoms with van der Waals surface area (Å²) in [6, 6.07) is 8.73. The first-order valence-corrected chi connectivity index (χ1v) is 8.00. The van der Waals surface area contributed by atoms with Crippen LogP contribution >= 0.6 is 15.9 Å². The molecule has 0 fully saturated rings. The van der Waals surface area contributed by atoms with Gasteiger partial charge in [0.15, 0.2) is 5.76 Å². The molecule has 1 aromatic carbocycles. The number of hydrogen-bond donors (Lipinski definition) is 2. The molecular formula is C17H17BrN2O4. The van der Waals surface area contributed by atoms with E-state index in [1.54, 1.807) is 25.3 Å². The third kappa shape index (κ3) is 5.27. The summed E-state index contributed by atoms with van der Waals surface area (Å²) >= 11 is 3.38. The molecule has 0 bridgehead atoms. The smallest absolute Gasteiger partial charge is 0.287 e. The van der Waals surface area contributed by atoms with Gasteiger partial charge in [-0.05, 0) is 36.4 Å². The zero-order chi connectivity index (χ0) is 17.4. The lowest BCUT2D eigenvalue weighted by Crippen LogP contribution is -2.33. The standard InChI is InChI=1S/C17H17BrN2O4/c1-23-14-6-5-13(18)11-12(14)4-7-16(21)19-8-9-20-17(22)15-3-2-10-24-15/h2-7,10-11H,8-9H2,1H3,(H,19,21)(H,20,22)/b7-4+. The number of ether oxygens (including phenoxy) is 1. The third-order valence-electron chi connectivity index (χ3n) is 3.06. The number of methoxy groups -OCH3 is 1. The van der Waals surface area contributed by atoms with Gasteiger partial charge in [0.1, 0.15) is 5.75 Å². The molecule has 0 spiro atoms. The fraction of sp³-hybridized carbons (Fsp3) is 0.176. The molecular weight excluding hydrogens is 376 g/mol. The molecule has 1 aromatic heterocycles. The zero-order valence-corrected chi connectivity index (χ0v) is 14.6. The first kappa shape index (κ1) is 17.8. The number of benzene rings is 1. The number of carbonyl (C=O) groups is 2. The maximum Gasteiger partial charge on any atom is 0.287 e. The molecule has 1 heterocycles. The van der Waals surface area contributed by atoms with Crippen LogP contribution in [0, 0.1) is 0 Å². The molecule has 24 heavy (non-hydrogen) atoms. The molecule has 0 radical (unpaired) electrons. The lowest BCUT2D eigenvalue weighted by atomic mass is 10.2. The van der Waals surface area contributed by atoms with E-state index in [9.17, 15) is 9.59 Å². The molecule has 2 N–H and O–H groups in total. The van der Waals surface area contributed by atoms with Gasteiger partial charge in [-0.1, -0.05) is 15.9 Å². The Bertz CT molecular complexity index is 726. The van der Waals surface area contributed by atoms with Gasteiger partial charge in [0.05, 0.1) is 13.4 Å². The van der Waals surface area contributed by atoms with Crippen molar-refractivity contribution in [2.45, 2.75) is 0 Å². The fourth-order valence-electron chi connectivity index (χ4n) is 1.92. The highest BCUT2D eigenvalue weighted by atomic mass is 79.9. The van der Waals surface area contributed by atoms with E-state index in [-0.39, 0.29) is 17.6 Å². The van der Waals surface area contributed by atoms with Crippen LogP contribution in [0.5, 0.6) is 5.75 Å². The molecule has 2 aromatic rings. The number of nitrogens with one attached hydrogen (secondary N) is 2. The molecule has 0 unspecified atom stereocenters. The number of hydrogen-bond acceptors (Lipinski definition) is 4. The summed E-state index contributed by atoms with van der Waals surface area (Å²) in [5, 5.41) is 5.32. The summed E-state index contributed by atoms with van der Waals surface area (Å²) in [6.07, 6.45) is 4.51. The van der Waals surface area contributed by atoms with Gasteiger partial charge in [0.25, 0.3) is 5.91 Å². The van der Waals surface area contributed by atoms with Crippen LogP contribution in [0.25, 0.3) is 6.08 Å². The lowest BCUT2D eigenvalue weighted by molar-refractivity contribution is -0.116. The molecule has 126 valence electrons. The van der Waals surface area contributed by atoms with Gasteiger partial charge in [-0.15, -0.1) is 0 Å². The second kappa shape index (κ2) is 8.93. The molecule has 2 rings (SSSR count). The molecule has 0 saturated heterocycles. The minimum Gasteiger partial charge on any atom is -0.496 e. The van der Waals surface area contributed by atoms with E-state index in [4.69, 9.17) is 9.15 Å². The first-order chi connectivity index (χ1) is 11.6. The topological polar surface area (TPSA) is 80.6 Å². The van der Waals surface area contributed by atoms with E-state index in [1.165, 1.54) is 12.3 Å². The summed E-state index contributed by atoms with van der Waals surface area (Å²) in [5.41, 5.74) is 0.785. The zero-order valence-electron chi connectivity index (χ0n) is 13.0. The van der Waals surface area contributed by atoms with Gasteiger partial charge < -0.3 is 19.8 Å². The Morgan fingerprint density at radius 3 is 2.75 bits per heavy atom. The van der Waals surface area contributed by atoms with Gasteiger partial charge in [0, 0.05) is 29.2 Å². The van der Waals surface area contributed by atoms with E-state index in [1.807, 2.05) is 18.2 Å². The van der Waals surface area contributed by atoms with Crippen LogP contribution in [-0.4, -0.2) is 32.0 Å². The lowest BCUT2D eigenvalue weighted by Gasteiger charge is -2.06. The van der Waals surface area contributed by atoms with Gasteiger partial charge in [-0.2, -0.15) is 0 Å². The quantitative estimate of drug-likeness (QED) is 0.560. The molecule has 0 saturated carbocycles. The van der Waals surface area contributed by atoms with E-state index < -0.39 is 0 Å². The van der Waals surface area contributed by atoms with E-state index >= 15 is 0 Å². The van der Waals surface area contributed by atoms with Gasteiger partial charge in [0.2, 0.25) is 5.91 Å². The Labute approximate surface area is 148 Å². The van der Waals surface area contributed by atoms with Crippen LogP contribution in [0.15, 0.2) is 51.6 Å². The average molecular weight is 393 g/mol. The van der Waals surface area contributed by atoms with Gasteiger partial charge >= 0.3 is 0 Å². The molecule has 0 aliphatic heterocycles. The van der Waals surface area contributed by atoms with Crippen molar-refractivity contribution in [3.8, 4) is 5.75 Å². The van der Waals surface area contributed by atoms with Crippen molar-refractivity contribution >= 4 is 33.8 Å². The number of amides is 2. The second-order valence-corrected chi connectivity index (χ2v) is 5.66. The number of furan rings is 1. The SMILES string of the molecule is COc1ccc(Br)cc1/C=C/C(=O)NCCNC(=O)c1ccco1. The van der Waals surface area contributed by atoms with E-state index in [0.29, 0.717) is 18.8 Å². The summed E-state index contributed by atoms with van der Waals surface area (Å²) in [7, 11) is 1.57. The first-order valence-electron chi connectivity index (χ1n) is 7.21.